The number of hydrazine groups is 1. The van der Waals surface area contributed by atoms with Crippen molar-refractivity contribution in [3.63, 3.8) is 0 Å². The summed E-state index contributed by atoms with van der Waals surface area (Å²) in [5.74, 6) is 0.0466. The van der Waals surface area contributed by atoms with E-state index >= 15 is 0 Å². The third-order valence-corrected chi connectivity index (χ3v) is 11.4. The highest BCUT2D eigenvalue weighted by Crippen LogP contribution is 2.20. The van der Waals surface area contributed by atoms with Crippen LogP contribution >= 0.6 is 22.7 Å². The summed E-state index contributed by atoms with van der Waals surface area (Å²) in [7, 11) is 1.89. The molecule has 0 saturated heterocycles. The molecule has 1 aliphatic rings. The number of carbonyl (C=O) groups excluding carboxylic acids is 2. The lowest BCUT2D eigenvalue weighted by atomic mass is 9.96. The van der Waals surface area contributed by atoms with Crippen LogP contribution in [0.15, 0.2) is 90.3 Å². The average Bonchev–Trinajstić information content (AvgIpc) is 3.97. The summed E-state index contributed by atoms with van der Waals surface area (Å²) in [4.78, 5) is 50.3. The van der Waals surface area contributed by atoms with Gasteiger partial charge in [0.15, 0.2) is 0 Å². The summed E-state index contributed by atoms with van der Waals surface area (Å²) < 4.78 is 2.07. The highest BCUT2D eigenvalue weighted by Gasteiger charge is 2.30. The third kappa shape index (κ3) is 11.8. The number of nitrogens with zero attached hydrogens (tertiary/aromatic N) is 6. The molecule has 0 fully saturated rings. The van der Waals surface area contributed by atoms with Crippen molar-refractivity contribution < 1.29 is 14.4 Å². The molecule has 3 atom stereocenters. The Morgan fingerprint density at radius 3 is 2.33 bits per heavy atom. The van der Waals surface area contributed by atoms with E-state index in [2.05, 4.69) is 74.3 Å². The molecule has 14 heteroatoms. The van der Waals surface area contributed by atoms with Gasteiger partial charge in [-0.2, -0.15) is 5.48 Å². The molecule has 5 aromatic rings. The normalized spacial score (nSPS) is 14.6. The van der Waals surface area contributed by atoms with Crippen LogP contribution in [-0.2, 0) is 53.5 Å². The first kappa shape index (κ1) is 39.4. The number of imidazole rings is 1. The number of hydrogen-bond acceptors (Lipinski definition) is 11. The first-order chi connectivity index (χ1) is 26.3. The van der Waals surface area contributed by atoms with E-state index in [9.17, 15) is 9.59 Å². The molecule has 286 valence electrons. The van der Waals surface area contributed by atoms with Gasteiger partial charge in [0.2, 0.25) is 11.8 Å². The highest BCUT2D eigenvalue weighted by molar-refractivity contribution is 7.09. The van der Waals surface area contributed by atoms with E-state index in [4.69, 9.17) is 9.82 Å². The standard InChI is InChI=1S/C40H51N9O3S2/c1-29(2)40-44-34(26-53-40)23-47(3)45-37(20-38(50)48-16-17-49-27-41-21-35(49)24-48)39(51)43-32(18-30-10-6-4-7-11-30)14-15-33(19-31-12-8-5-9-13-31)46-52-25-36-22-42-28-54-36/h4-13,21-22,26-29,32-33,37,45-46H,14-20,23-25H2,1-3H3,(H,43,51). The number of benzene rings is 2. The fraction of sp³-hybridized carbons (Fsp3) is 0.425. The van der Waals surface area contributed by atoms with Crippen LogP contribution in [0.25, 0.3) is 0 Å². The van der Waals surface area contributed by atoms with E-state index in [1.54, 1.807) is 40.7 Å². The minimum atomic E-state index is -0.795. The predicted octanol–water partition coefficient (Wildman–Crippen LogP) is 5.50. The minimum Gasteiger partial charge on any atom is -0.352 e. The molecule has 0 bridgehead atoms. The zero-order valence-electron chi connectivity index (χ0n) is 31.3. The molecular formula is C40H51N9O3S2. The third-order valence-electron chi connectivity index (χ3n) is 9.46. The van der Waals surface area contributed by atoms with Gasteiger partial charge in [0.25, 0.3) is 0 Å². The molecule has 0 radical (unpaired) electrons. The molecule has 2 amide bonds. The van der Waals surface area contributed by atoms with Crippen LogP contribution in [0, 0.1) is 0 Å². The minimum absolute atomic E-state index is 0.00138. The molecule has 3 N–H and O–H groups in total. The van der Waals surface area contributed by atoms with Crippen LogP contribution in [0.2, 0.25) is 0 Å². The second-order valence-electron chi connectivity index (χ2n) is 14.2. The summed E-state index contributed by atoms with van der Waals surface area (Å²) in [6.45, 7) is 6.90. The Kier molecular flexibility index (Phi) is 14.5. The topological polar surface area (TPSA) is 130 Å². The van der Waals surface area contributed by atoms with Crippen LogP contribution in [0.1, 0.15) is 71.4 Å². The van der Waals surface area contributed by atoms with Gasteiger partial charge >= 0.3 is 0 Å². The van der Waals surface area contributed by atoms with E-state index in [0.717, 1.165) is 39.7 Å². The van der Waals surface area contributed by atoms with Crippen molar-refractivity contribution in [3.8, 4) is 0 Å². The first-order valence-electron chi connectivity index (χ1n) is 18.6. The maximum Gasteiger partial charge on any atom is 0.239 e. The number of hydroxylamine groups is 1. The maximum absolute atomic E-state index is 14.4. The van der Waals surface area contributed by atoms with Crippen LogP contribution in [0.4, 0.5) is 0 Å². The van der Waals surface area contributed by atoms with E-state index in [-0.39, 0.29) is 30.3 Å². The summed E-state index contributed by atoms with van der Waals surface area (Å²) in [6.07, 6.45) is 8.28. The molecule has 0 spiro atoms. The van der Waals surface area contributed by atoms with Crippen molar-refractivity contribution in [1.29, 1.82) is 0 Å². The number of hydrogen-bond donors (Lipinski definition) is 3. The first-order valence-corrected chi connectivity index (χ1v) is 20.4. The molecule has 1 aliphatic heterocycles. The van der Waals surface area contributed by atoms with Crippen molar-refractivity contribution in [2.75, 3.05) is 13.6 Å². The largest absolute Gasteiger partial charge is 0.352 e. The molecule has 3 aromatic heterocycles. The summed E-state index contributed by atoms with van der Waals surface area (Å²) >= 11 is 3.20. The van der Waals surface area contributed by atoms with E-state index in [1.807, 2.05) is 59.6 Å². The zero-order chi connectivity index (χ0) is 37.7. The van der Waals surface area contributed by atoms with Gasteiger partial charge in [0, 0.05) is 55.9 Å². The number of fused-ring (bicyclic) bond motifs is 1. The second kappa shape index (κ2) is 19.9. The van der Waals surface area contributed by atoms with Crippen LogP contribution in [0.3, 0.4) is 0 Å². The van der Waals surface area contributed by atoms with Gasteiger partial charge in [-0.3, -0.25) is 19.4 Å². The number of amides is 2. The van der Waals surface area contributed by atoms with Gasteiger partial charge in [-0.25, -0.2) is 20.4 Å². The quantitative estimate of drug-likeness (QED) is 0.0880. The molecule has 0 saturated carbocycles. The zero-order valence-corrected chi connectivity index (χ0v) is 32.9. The Hall–Kier alpha value is -4.31. The molecule has 3 unspecified atom stereocenters. The maximum atomic E-state index is 14.4. The van der Waals surface area contributed by atoms with Crippen LogP contribution in [0.5, 0.6) is 0 Å². The fourth-order valence-corrected chi connectivity index (χ4v) is 7.92. The van der Waals surface area contributed by atoms with Gasteiger partial charge in [-0.15, -0.1) is 22.7 Å². The smallest absolute Gasteiger partial charge is 0.239 e. The van der Waals surface area contributed by atoms with E-state index in [1.165, 1.54) is 5.56 Å². The molecule has 6 rings (SSSR count). The Bertz CT molecular complexity index is 1870. The monoisotopic (exact) mass is 769 g/mol. The SMILES string of the molecule is CC(C)c1nc(CN(C)NC(CC(=O)N2CCn3cncc3C2)C(=O)NC(CCC(Cc2ccccc2)NOCc2cncs2)Cc2ccccc2)cs1. The summed E-state index contributed by atoms with van der Waals surface area (Å²) in [5.41, 5.74) is 12.7. The van der Waals surface area contributed by atoms with Crippen molar-refractivity contribution in [2.45, 2.75) is 96.2 Å². The van der Waals surface area contributed by atoms with E-state index < -0.39 is 6.04 Å². The lowest BCUT2D eigenvalue weighted by Crippen LogP contribution is -2.55. The Balaban J connectivity index is 1.16. The van der Waals surface area contributed by atoms with Crippen LogP contribution < -0.4 is 16.2 Å². The number of thiazole rings is 2. The predicted molar refractivity (Wildman–Crippen MR) is 212 cm³/mol. The molecule has 0 aliphatic carbocycles. The fourth-order valence-electron chi connectivity index (χ4n) is 6.59. The van der Waals surface area contributed by atoms with Crippen molar-refractivity contribution in [1.82, 2.24) is 45.7 Å². The Morgan fingerprint density at radius 1 is 0.926 bits per heavy atom. The molecule has 54 heavy (non-hydrogen) atoms. The lowest BCUT2D eigenvalue weighted by Gasteiger charge is -2.31. The van der Waals surface area contributed by atoms with Gasteiger partial charge in [0.1, 0.15) is 12.6 Å². The van der Waals surface area contributed by atoms with E-state index in [0.29, 0.717) is 51.5 Å². The van der Waals surface area contributed by atoms with Crippen molar-refractivity contribution >= 4 is 34.5 Å². The Labute approximate surface area is 325 Å². The van der Waals surface area contributed by atoms with Crippen molar-refractivity contribution in [3.05, 3.63) is 123 Å². The van der Waals surface area contributed by atoms with Gasteiger partial charge in [0.05, 0.1) is 52.6 Å². The van der Waals surface area contributed by atoms with Crippen molar-refractivity contribution in [2.24, 2.45) is 0 Å². The van der Waals surface area contributed by atoms with Gasteiger partial charge in [-0.05, 0) is 36.8 Å². The number of aromatic nitrogens is 4. The lowest BCUT2D eigenvalue weighted by molar-refractivity contribution is -0.137. The number of rotatable bonds is 20. The molecule has 12 nitrogen and oxygen atoms in total. The number of carbonyl (C=O) groups is 2. The molecular weight excluding hydrogens is 719 g/mol. The summed E-state index contributed by atoms with van der Waals surface area (Å²) in [5, 5.41) is 8.37. The summed E-state index contributed by atoms with van der Waals surface area (Å²) in [6, 6.07) is 19.6. The van der Waals surface area contributed by atoms with Gasteiger partial charge < -0.3 is 14.8 Å². The molecule has 4 heterocycles. The number of nitrogens with one attached hydrogen (secondary N) is 3. The Morgan fingerprint density at radius 2 is 1.65 bits per heavy atom. The molecule has 2 aromatic carbocycles. The van der Waals surface area contributed by atoms with Gasteiger partial charge in [-0.1, -0.05) is 74.5 Å². The highest BCUT2D eigenvalue weighted by atomic mass is 32.1. The van der Waals surface area contributed by atoms with Crippen LogP contribution in [-0.4, -0.2) is 73.0 Å². The second-order valence-corrected chi connectivity index (χ2v) is 16.1. The average molecular weight is 770 g/mol.